The third-order valence-corrected chi connectivity index (χ3v) is 3.35. The molecule has 0 spiro atoms. The van der Waals surface area contributed by atoms with Gasteiger partial charge < -0.3 is 4.90 Å². The van der Waals surface area contributed by atoms with Crippen molar-refractivity contribution in [3.05, 3.63) is 22.8 Å². The Labute approximate surface area is 101 Å². The molecular formula is C12H14ClN3. The van der Waals surface area contributed by atoms with E-state index in [1.54, 1.807) is 6.07 Å². The van der Waals surface area contributed by atoms with E-state index in [4.69, 9.17) is 16.9 Å². The maximum absolute atomic E-state index is 8.77. The molecule has 2 heterocycles. The average molecular weight is 236 g/mol. The zero-order valence-corrected chi connectivity index (χ0v) is 10.0. The summed E-state index contributed by atoms with van der Waals surface area (Å²) in [6, 6.07) is 5.63. The molecule has 0 aromatic carbocycles. The van der Waals surface area contributed by atoms with E-state index in [1.165, 1.54) is 12.8 Å². The number of aromatic nitrogens is 1. The van der Waals surface area contributed by atoms with Crippen LogP contribution in [0.2, 0.25) is 5.15 Å². The summed E-state index contributed by atoms with van der Waals surface area (Å²) in [5.74, 6) is 1.68. The van der Waals surface area contributed by atoms with Gasteiger partial charge in [0.25, 0.3) is 0 Å². The van der Waals surface area contributed by atoms with Gasteiger partial charge in [-0.15, -0.1) is 0 Å². The van der Waals surface area contributed by atoms with Crippen LogP contribution in [0.5, 0.6) is 0 Å². The summed E-state index contributed by atoms with van der Waals surface area (Å²) in [5, 5.41) is 9.07. The highest BCUT2D eigenvalue weighted by Crippen LogP contribution is 2.23. The Morgan fingerprint density at radius 3 is 2.69 bits per heavy atom. The van der Waals surface area contributed by atoms with Gasteiger partial charge in [-0.2, -0.15) is 5.26 Å². The van der Waals surface area contributed by atoms with Crippen molar-refractivity contribution in [2.24, 2.45) is 5.92 Å². The van der Waals surface area contributed by atoms with Gasteiger partial charge in [-0.05, 0) is 30.9 Å². The van der Waals surface area contributed by atoms with E-state index >= 15 is 0 Å². The molecule has 1 aromatic heterocycles. The van der Waals surface area contributed by atoms with E-state index < -0.39 is 0 Å². The molecule has 1 saturated heterocycles. The van der Waals surface area contributed by atoms with Crippen LogP contribution in [0.25, 0.3) is 0 Å². The van der Waals surface area contributed by atoms with E-state index in [2.05, 4.69) is 16.8 Å². The SMILES string of the molecule is CC1CCN(c2ccc(C#N)c(Cl)n2)CC1. The molecule has 0 amide bonds. The molecule has 0 aliphatic carbocycles. The molecule has 0 atom stereocenters. The van der Waals surface area contributed by atoms with Gasteiger partial charge in [0, 0.05) is 13.1 Å². The van der Waals surface area contributed by atoms with Gasteiger partial charge in [-0.25, -0.2) is 4.98 Å². The maximum Gasteiger partial charge on any atom is 0.149 e. The first-order chi connectivity index (χ1) is 7.70. The molecule has 1 fully saturated rings. The van der Waals surface area contributed by atoms with Crippen molar-refractivity contribution in [2.75, 3.05) is 18.0 Å². The summed E-state index contributed by atoms with van der Waals surface area (Å²) >= 11 is 5.92. The monoisotopic (exact) mass is 235 g/mol. The smallest absolute Gasteiger partial charge is 0.149 e. The van der Waals surface area contributed by atoms with Crippen molar-refractivity contribution < 1.29 is 0 Å². The number of hydrogen-bond acceptors (Lipinski definition) is 3. The lowest BCUT2D eigenvalue weighted by molar-refractivity contribution is 0.436. The molecule has 0 saturated carbocycles. The highest BCUT2D eigenvalue weighted by molar-refractivity contribution is 6.30. The highest BCUT2D eigenvalue weighted by atomic mass is 35.5. The van der Waals surface area contributed by atoms with Crippen LogP contribution in [-0.2, 0) is 0 Å². The second-order valence-corrected chi connectivity index (χ2v) is 4.65. The number of nitriles is 1. The zero-order valence-electron chi connectivity index (χ0n) is 9.28. The first kappa shape index (κ1) is 11.2. The van der Waals surface area contributed by atoms with E-state index in [0.717, 1.165) is 24.8 Å². The van der Waals surface area contributed by atoms with Gasteiger partial charge in [0.05, 0.1) is 5.56 Å². The topological polar surface area (TPSA) is 39.9 Å². The Bertz CT molecular complexity index is 417. The van der Waals surface area contributed by atoms with Crippen LogP contribution in [-0.4, -0.2) is 18.1 Å². The van der Waals surface area contributed by atoms with Gasteiger partial charge in [-0.3, -0.25) is 0 Å². The van der Waals surface area contributed by atoms with Crippen LogP contribution in [0.15, 0.2) is 12.1 Å². The Morgan fingerprint density at radius 1 is 1.44 bits per heavy atom. The highest BCUT2D eigenvalue weighted by Gasteiger charge is 2.17. The van der Waals surface area contributed by atoms with Gasteiger partial charge >= 0.3 is 0 Å². The molecule has 4 heteroatoms. The number of piperidine rings is 1. The lowest BCUT2D eigenvalue weighted by atomic mass is 9.99. The fourth-order valence-electron chi connectivity index (χ4n) is 1.92. The minimum atomic E-state index is 0.304. The molecule has 0 bridgehead atoms. The Hall–Kier alpha value is -1.27. The van der Waals surface area contributed by atoms with E-state index in [9.17, 15) is 0 Å². The van der Waals surface area contributed by atoms with Gasteiger partial charge in [0.1, 0.15) is 17.0 Å². The van der Waals surface area contributed by atoms with Gasteiger partial charge in [0.2, 0.25) is 0 Å². The van der Waals surface area contributed by atoms with E-state index in [0.29, 0.717) is 10.7 Å². The fraction of sp³-hybridized carbons (Fsp3) is 0.500. The molecule has 0 radical (unpaired) electrons. The number of rotatable bonds is 1. The minimum absolute atomic E-state index is 0.304. The predicted molar refractivity (Wildman–Crippen MR) is 64.6 cm³/mol. The fourth-order valence-corrected chi connectivity index (χ4v) is 2.11. The van der Waals surface area contributed by atoms with Crippen LogP contribution < -0.4 is 4.90 Å². The predicted octanol–water partition coefficient (Wildman–Crippen LogP) is 2.84. The lowest BCUT2D eigenvalue weighted by Crippen LogP contribution is -2.33. The second kappa shape index (κ2) is 4.71. The third-order valence-electron chi connectivity index (χ3n) is 3.06. The molecule has 16 heavy (non-hydrogen) atoms. The van der Waals surface area contributed by atoms with Crippen molar-refractivity contribution in [2.45, 2.75) is 19.8 Å². The largest absolute Gasteiger partial charge is 0.357 e. The molecular weight excluding hydrogens is 222 g/mol. The van der Waals surface area contributed by atoms with Crippen molar-refractivity contribution >= 4 is 17.4 Å². The van der Waals surface area contributed by atoms with Gasteiger partial charge in [-0.1, -0.05) is 18.5 Å². The molecule has 3 nitrogen and oxygen atoms in total. The standard InChI is InChI=1S/C12H14ClN3/c1-9-4-6-16(7-5-9)11-3-2-10(8-14)12(13)15-11/h2-3,9H,4-7H2,1H3. The second-order valence-electron chi connectivity index (χ2n) is 4.29. The number of halogens is 1. The number of nitrogens with zero attached hydrogens (tertiary/aromatic N) is 3. The van der Waals surface area contributed by atoms with Gasteiger partial charge in [0.15, 0.2) is 0 Å². The number of hydrogen-bond donors (Lipinski definition) is 0. The Balaban J connectivity index is 2.16. The van der Waals surface area contributed by atoms with Crippen LogP contribution >= 0.6 is 11.6 Å². The van der Waals surface area contributed by atoms with Crippen LogP contribution in [0.3, 0.4) is 0 Å². The third kappa shape index (κ3) is 2.28. The minimum Gasteiger partial charge on any atom is -0.357 e. The summed E-state index contributed by atoms with van der Waals surface area (Å²) in [7, 11) is 0. The molecule has 0 unspecified atom stereocenters. The average Bonchev–Trinajstić information content (AvgIpc) is 2.30. The summed E-state index contributed by atoms with van der Waals surface area (Å²) in [6.07, 6.45) is 2.39. The van der Waals surface area contributed by atoms with Crippen LogP contribution in [0.4, 0.5) is 5.82 Å². The van der Waals surface area contributed by atoms with Crippen LogP contribution in [0, 0.1) is 17.2 Å². The molecule has 1 aliphatic rings. The molecule has 84 valence electrons. The molecule has 2 rings (SSSR count). The molecule has 1 aliphatic heterocycles. The van der Waals surface area contributed by atoms with Crippen molar-refractivity contribution in [3.63, 3.8) is 0 Å². The summed E-state index contributed by atoms with van der Waals surface area (Å²) in [4.78, 5) is 6.49. The lowest BCUT2D eigenvalue weighted by Gasteiger charge is -2.31. The number of pyridine rings is 1. The Kier molecular flexibility index (Phi) is 3.31. The normalized spacial score (nSPS) is 17.2. The van der Waals surface area contributed by atoms with Crippen molar-refractivity contribution in [1.82, 2.24) is 4.98 Å². The summed E-state index contributed by atoms with van der Waals surface area (Å²) in [6.45, 7) is 4.32. The van der Waals surface area contributed by atoms with Crippen molar-refractivity contribution in [1.29, 1.82) is 5.26 Å². The summed E-state index contributed by atoms with van der Waals surface area (Å²) in [5.41, 5.74) is 0.441. The maximum atomic E-state index is 8.77. The first-order valence-electron chi connectivity index (χ1n) is 5.52. The quantitative estimate of drug-likeness (QED) is 0.703. The van der Waals surface area contributed by atoms with E-state index in [-0.39, 0.29) is 0 Å². The Morgan fingerprint density at radius 2 is 2.12 bits per heavy atom. The summed E-state index contributed by atoms with van der Waals surface area (Å²) < 4.78 is 0. The van der Waals surface area contributed by atoms with Crippen molar-refractivity contribution in [3.8, 4) is 6.07 Å². The first-order valence-corrected chi connectivity index (χ1v) is 5.90. The molecule has 1 aromatic rings. The zero-order chi connectivity index (χ0) is 11.5. The number of anilines is 1. The molecule has 0 N–H and O–H groups in total. The van der Waals surface area contributed by atoms with E-state index in [1.807, 2.05) is 12.1 Å². The van der Waals surface area contributed by atoms with Crippen LogP contribution in [0.1, 0.15) is 25.3 Å².